The Hall–Kier alpha value is -2.96. The Balaban J connectivity index is 1.34. The van der Waals surface area contributed by atoms with Crippen LogP contribution in [0.2, 0.25) is 0 Å². The number of nitrogens with one attached hydrogen (secondary N) is 1. The van der Waals surface area contributed by atoms with Gasteiger partial charge < -0.3 is 5.32 Å². The molecule has 0 saturated carbocycles. The van der Waals surface area contributed by atoms with Gasteiger partial charge in [-0.25, -0.2) is 4.98 Å². The first-order valence-electron chi connectivity index (χ1n) is 9.59. The van der Waals surface area contributed by atoms with Gasteiger partial charge in [0, 0.05) is 46.1 Å². The quantitative estimate of drug-likeness (QED) is 0.379. The summed E-state index contributed by atoms with van der Waals surface area (Å²) >= 11 is 3.42. The molecule has 0 bridgehead atoms. The van der Waals surface area contributed by atoms with Crippen molar-refractivity contribution in [3.63, 3.8) is 0 Å². The normalized spacial score (nSPS) is 10.7. The second kappa shape index (κ2) is 9.69. The van der Waals surface area contributed by atoms with Crippen molar-refractivity contribution >= 4 is 29.0 Å². The van der Waals surface area contributed by atoms with Gasteiger partial charge in [0.1, 0.15) is 5.01 Å². The SMILES string of the molecule is Cc1ccc(SCc2csc(-c3ccc(C(=O)NCc4cccnc4)cc3)n2)cc1. The zero-order valence-corrected chi connectivity index (χ0v) is 18.2. The van der Waals surface area contributed by atoms with Crippen LogP contribution in [0.15, 0.2) is 83.3 Å². The number of nitrogens with zero attached hydrogens (tertiary/aromatic N) is 2. The van der Waals surface area contributed by atoms with Gasteiger partial charge in [-0.1, -0.05) is 35.9 Å². The molecular formula is C24H21N3OS2. The molecule has 0 fully saturated rings. The minimum absolute atomic E-state index is 0.0975. The van der Waals surface area contributed by atoms with Crippen molar-refractivity contribution < 1.29 is 4.79 Å². The van der Waals surface area contributed by atoms with Crippen LogP contribution in [0.4, 0.5) is 0 Å². The highest BCUT2D eigenvalue weighted by molar-refractivity contribution is 7.98. The van der Waals surface area contributed by atoms with Gasteiger partial charge in [0.2, 0.25) is 0 Å². The molecule has 6 heteroatoms. The van der Waals surface area contributed by atoms with Gasteiger partial charge in [-0.2, -0.15) is 0 Å². The number of hydrogen-bond acceptors (Lipinski definition) is 5. The summed E-state index contributed by atoms with van der Waals surface area (Å²) in [5, 5.41) is 5.99. The van der Waals surface area contributed by atoms with Crippen LogP contribution in [0.3, 0.4) is 0 Å². The van der Waals surface area contributed by atoms with E-state index in [1.807, 2.05) is 36.4 Å². The van der Waals surface area contributed by atoms with Crippen LogP contribution in [0.1, 0.15) is 27.2 Å². The number of carbonyl (C=O) groups is 1. The lowest BCUT2D eigenvalue weighted by atomic mass is 10.1. The van der Waals surface area contributed by atoms with Crippen molar-refractivity contribution in [3.8, 4) is 10.6 Å². The highest BCUT2D eigenvalue weighted by Crippen LogP contribution is 2.28. The molecule has 2 aromatic carbocycles. The second-order valence-corrected chi connectivity index (χ2v) is 8.77. The van der Waals surface area contributed by atoms with E-state index in [2.05, 4.69) is 46.9 Å². The van der Waals surface area contributed by atoms with Crippen molar-refractivity contribution in [1.82, 2.24) is 15.3 Å². The number of pyridine rings is 1. The lowest BCUT2D eigenvalue weighted by molar-refractivity contribution is 0.0951. The van der Waals surface area contributed by atoms with Crippen LogP contribution in [0, 0.1) is 6.92 Å². The van der Waals surface area contributed by atoms with Crippen LogP contribution in [-0.2, 0) is 12.3 Å². The molecule has 4 rings (SSSR count). The summed E-state index contributed by atoms with van der Waals surface area (Å²) in [5.41, 5.74) is 4.97. The van der Waals surface area contributed by atoms with E-state index in [1.54, 1.807) is 35.5 Å². The maximum absolute atomic E-state index is 12.4. The van der Waals surface area contributed by atoms with E-state index in [4.69, 9.17) is 4.98 Å². The molecule has 0 atom stereocenters. The molecular weight excluding hydrogens is 410 g/mol. The average Bonchev–Trinajstić information content (AvgIpc) is 3.27. The van der Waals surface area contributed by atoms with Gasteiger partial charge in [0.05, 0.1) is 5.69 Å². The van der Waals surface area contributed by atoms with Crippen LogP contribution in [0.25, 0.3) is 10.6 Å². The van der Waals surface area contributed by atoms with Crippen molar-refractivity contribution in [2.45, 2.75) is 24.1 Å². The number of rotatable bonds is 7. The van der Waals surface area contributed by atoms with Gasteiger partial charge in [-0.15, -0.1) is 23.1 Å². The third kappa shape index (κ3) is 5.34. The minimum Gasteiger partial charge on any atom is -0.348 e. The molecule has 4 nitrogen and oxygen atoms in total. The number of amides is 1. The molecule has 0 saturated heterocycles. The van der Waals surface area contributed by atoms with Gasteiger partial charge >= 0.3 is 0 Å². The van der Waals surface area contributed by atoms with E-state index < -0.39 is 0 Å². The molecule has 0 aliphatic heterocycles. The average molecular weight is 432 g/mol. The number of thioether (sulfide) groups is 1. The highest BCUT2D eigenvalue weighted by Gasteiger charge is 2.09. The molecule has 2 aromatic heterocycles. The van der Waals surface area contributed by atoms with Gasteiger partial charge in [-0.3, -0.25) is 9.78 Å². The zero-order chi connectivity index (χ0) is 20.8. The summed E-state index contributed by atoms with van der Waals surface area (Å²) in [5.74, 6) is 0.744. The zero-order valence-electron chi connectivity index (χ0n) is 16.5. The summed E-state index contributed by atoms with van der Waals surface area (Å²) in [4.78, 5) is 22.4. The largest absolute Gasteiger partial charge is 0.348 e. The highest BCUT2D eigenvalue weighted by atomic mass is 32.2. The Morgan fingerprint density at radius 1 is 1.07 bits per heavy atom. The summed E-state index contributed by atoms with van der Waals surface area (Å²) in [6.45, 7) is 2.56. The van der Waals surface area contributed by atoms with Gasteiger partial charge in [-0.05, 0) is 42.8 Å². The second-order valence-electron chi connectivity index (χ2n) is 6.87. The first kappa shape index (κ1) is 20.3. The first-order chi connectivity index (χ1) is 14.7. The topological polar surface area (TPSA) is 54.9 Å². The molecule has 0 aliphatic rings. The molecule has 2 heterocycles. The minimum atomic E-state index is -0.0975. The number of benzene rings is 2. The first-order valence-corrected chi connectivity index (χ1v) is 11.5. The smallest absolute Gasteiger partial charge is 0.251 e. The predicted octanol–water partition coefficient (Wildman–Crippen LogP) is 5.74. The Labute approximate surface area is 184 Å². The van der Waals surface area contributed by atoms with Crippen molar-refractivity contribution in [1.29, 1.82) is 0 Å². The lowest BCUT2D eigenvalue weighted by Gasteiger charge is -2.05. The predicted molar refractivity (Wildman–Crippen MR) is 124 cm³/mol. The fraction of sp³-hybridized carbons (Fsp3) is 0.125. The number of thiazole rings is 1. The monoisotopic (exact) mass is 431 g/mol. The summed E-state index contributed by atoms with van der Waals surface area (Å²) in [6.07, 6.45) is 3.47. The van der Waals surface area contributed by atoms with Crippen molar-refractivity contribution in [3.05, 3.63) is 101 Å². The molecule has 1 amide bonds. The van der Waals surface area contributed by atoms with Crippen LogP contribution in [-0.4, -0.2) is 15.9 Å². The Morgan fingerprint density at radius 2 is 1.87 bits per heavy atom. The van der Waals surface area contributed by atoms with E-state index in [9.17, 15) is 4.79 Å². The van der Waals surface area contributed by atoms with Crippen LogP contribution >= 0.6 is 23.1 Å². The van der Waals surface area contributed by atoms with E-state index in [0.717, 1.165) is 27.6 Å². The molecule has 0 aliphatic carbocycles. The van der Waals surface area contributed by atoms with Gasteiger partial charge in [0.15, 0.2) is 0 Å². The van der Waals surface area contributed by atoms with Gasteiger partial charge in [0.25, 0.3) is 5.91 Å². The summed E-state index contributed by atoms with van der Waals surface area (Å²) in [6, 6.07) is 19.9. The van der Waals surface area contributed by atoms with E-state index >= 15 is 0 Å². The third-order valence-electron chi connectivity index (χ3n) is 4.53. The molecule has 30 heavy (non-hydrogen) atoms. The summed E-state index contributed by atoms with van der Waals surface area (Å²) < 4.78 is 0. The molecule has 0 spiro atoms. The lowest BCUT2D eigenvalue weighted by Crippen LogP contribution is -2.22. The number of aromatic nitrogens is 2. The third-order valence-corrected chi connectivity index (χ3v) is 6.52. The van der Waals surface area contributed by atoms with Crippen molar-refractivity contribution in [2.75, 3.05) is 0 Å². The Kier molecular flexibility index (Phi) is 6.57. The summed E-state index contributed by atoms with van der Waals surface area (Å²) in [7, 11) is 0. The molecule has 0 unspecified atom stereocenters. The fourth-order valence-corrected chi connectivity index (χ4v) is 4.57. The molecule has 1 N–H and O–H groups in total. The maximum atomic E-state index is 12.4. The Bertz CT molecular complexity index is 1110. The maximum Gasteiger partial charge on any atom is 0.251 e. The molecule has 0 radical (unpaired) electrons. The number of carbonyl (C=O) groups excluding carboxylic acids is 1. The molecule has 4 aromatic rings. The van der Waals surface area contributed by atoms with Crippen LogP contribution in [0.5, 0.6) is 0 Å². The fourth-order valence-electron chi connectivity index (χ4n) is 2.85. The number of hydrogen-bond donors (Lipinski definition) is 1. The van der Waals surface area contributed by atoms with E-state index in [-0.39, 0.29) is 5.91 Å². The van der Waals surface area contributed by atoms with E-state index in [0.29, 0.717) is 12.1 Å². The Morgan fingerprint density at radius 3 is 2.60 bits per heavy atom. The van der Waals surface area contributed by atoms with Crippen molar-refractivity contribution in [2.24, 2.45) is 0 Å². The van der Waals surface area contributed by atoms with E-state index in [1.165, 1.54) is 10.5 Å². The standard InChI is InChI=1S/C24H21N3OS2/c1-17-4-10-22(11-5-17)29-15-21-16-30-24(27-21)20-8-6-19(7-9-20)23(28)26-14-18-3-2-12-25-13-18/h2-13,16H,14-15H2,1H3,(H,26,28). The molecule has 150 valence electrons. The van der Waals surface area contributed by atoms with Crippen LogP contribution < -0.4 is 5.32 Å². The number of aryl methyl sites for hydroxylation is 1.